The highest BCUT2D eigenvalue weighted by Crippen LogP contribution is 2.71. The van der Waals surface area contributed by atoms with Crippen molar-refractivity contribution >= 4 is 17.9 Å². The molecule has 0 spiro atoms. The Labute approximate surface area is 393 Å². The van der Waals surface area contributed by atoms with Crippen molar-refractivity contribution in [1.29, 1.82) is 0 Å². The lowest BCUT2D eigenvalue weighted by Crippen LogP contribution is -2.44. The molecule has 9 aliphatic carbocycles. The third-order valence-corrected chi connectivity index (χ3v) is 21.1. The molecular weight excluding hydrogens is 797 g/mol. The first-order valence-corrected chi connectivity index (χ1v) is 26.2. The minimum Gasteiger partial charge on any atom is -0.481 e. The number of rotatable bonds is 10. The summed E-state index contributed by atoms with van der Waals surface area (Å²) >= 11 is 0. The Morgan fingerprint density at radius 3 is 1.28 bits per heavy atom. The summed E-state index contributed by atoms with van der Waals surface area (Å²) in [7, 11) is 1.55. The third-order valence-electron chi connectivity index (χ3n) is 21.1. The lowest BCUT2D eigenvalue weighted by molar-refractivity contribution is -0.201. The van der Waals surface area contributed by atoms with Crippen LogP contribution in [0.15, 0.2) is 0 Å². The molecule has 22 atom stereocenters. The van der Waals surface area contributed by atoms with Gasteiger partial charge >= 0.3 is 17.9 Å². The zero-order valence-electron chi connectivity index (χ0n) is 40.3. The summed E-state index contributed by atoms with van der Waals surface area (Å²) in [5.41, 5.74) is -0.860. The van der Waals surface area contributed by atoms with Gasteiger partial charge in [-0.2, -0.15) is 0 Å². The highest BCUT2D eigenvalue weighted by molar-refractivity contribution is 5.78. The van der Waals surface area contributed by atoms with Gasteiger partial charge in [0.15, 0.2) is 0 Å². The first-order chi connectivity index (χ1) is 29.1. The lowest BCUT2D eigenvalue weighted by Gasteiger charge is -2.41. The SMILES string of the molecule is C.C.C.CCCC1CC(C)C2C3CC(C12)C(C)(C(=O)O)C3.CCCC1CC(C)C2C3CC(C12)C(C)(C(=O)OC)C3.CCCC1CC(C)C2C3CC(C12)C(C)(C(=O)OC1CCCCO1)C3. The van der Waals surface area contributed by atoms with Crippen LogP contribution in [-0.2, 0) is 28.6 Å². The molecule has 22 unspecified atom stereocenters. The average molecular weight is 897 g/mol. The smallest absolute Gasteiger partial charge is 0.314 e. The molecule has 0 aromatic carbocycles. The van der Waals surface area contributed by atoms with E-state index in [0.717, 1.165) is 128 Å². The van der Waals surface area contributed by atoms with Crippen molar-refractivity contribution in [2.45, 2.75) is 206 Å². The number of hydrogen-bond acceptors (Lipinski definition) is 6. The van der Waals surface area contributed by atoms with Crippen LogP contribution in [0, 0.1) is 123 Å². The van der Waals surface area contributed by atoms with Gasteiger partial charge in [-0.1, -0.05) is 102 Å². The molecule has 7 nitrogen and oxygen atoms in total. The Kier molecular flexibility index (Phi) is 17.1. The largest absolute Gasteiger partial charge is 0.481 e. The van der Waals surface area contributed by atoms with Gasteiger partial charge in [0.05, 0.1) is 30.0 Å². The Balaban J connectivity index is 0.000000179. The molecule has 0 aromatic rings. The highest BCUT2D eigenvalue weighted by atomic mass is 16.7. The topological polar surface area (TPSA) is 99.1 Å². The van der Waals surface area contributed by atoms with E-state index >= 15 is 0 Å². The average Bonchev–Trinajstić information content (AvgIpc) is 4.10. The maximum Gasteiger partial charge on any atom is 0.314 e. The summed E-state index contributed by atoms with van der Waals surface area (Å²) < 4.78 is 16.6. The zero-order chi connectivity index (χ0) is 43.8. The number of carbonyl (C=O) groups excluding carboxylic acids is 2. The van der Waals surface area contributed by atoms with Gasteiger partial charge in [-0.05, 0) is 198 Å². The fourth-order valence-corrected chi connectivity index (χ4v) is 19.4. The van der Waals surface area contributed by atoms with Gasteiger partial charge in [0, 0.05) is 6.42 Å². The molecule has 1 heterocycles. The van der Waals surface area contributed by atoms with E-state index in [-0.39, 0.29) is 51.3 Å². The fraction of sp³-hybridized carbons (Fsp3) is 0.947. The first-order valence-electron chi connectivity index (χ1n) is 26.2. The Bertz CT molecular complexity index is 1590. The van der Waals surface area contributed by atoms with E-state index in [0.29, 0.717) is 23.7 Å². The number of fused-ring (bicyclic) bond motifs is 15. The summed E-state index contributed by atoms with van der Waals surface area (Å²) in [5.74, 6) is 13.4. The fourth-order valence-electron chi connectivity index (χ4n) is 19.4. The van der Waals surface area contributed by atoms with E-state index in [1.54, 1.807) is 7.11 Å². The van der Waals surface area contributed by atoms with Crippen molar-refractivity contribution in [2.75, 3.05) is 13.7 Å². The number of carboxylic acids is 1. The minimum absolute atomic E-state index is 0. The molecule has 10 rings (SSSR count). The molecule has 64 heavy (non-hydrogen) atoms. The summed E-state index contributed by atoms with van der Waals surface area (Å²) in [6, 6.07) is 0. The van der Waals surface area contributed by atoms with Crippen LogP contribution in [0.4, 0.5) is 0 Å². The molecular formula is C57H100O7. The van der Waals surface area contributed by atoms with Crippen molar-refractivity contribution < 1.29 is 33.7 Å². The van der Waals surface area contributed by atoms with Gasteiger partial charge in [0.1, 0.15) is 0 Å². The van der Waals surface area contributed by atoms with Gasteiger partial charge in [-0.15, -0.1) is 0 Å². The Hall–Kier alpha value is -1.63. The van der Waals surface area contributed by atoms with Crippen molar-refractivity contribution in [3.05, 3.63) is 0 Å². The molecule has 0 aromatic heterocycles. The van der Waals surface area contributed by atoms with E-state index in [2.05, 4.69) is 55.4 Å². The molecule has 1 N–H and O–H groups in total. The first kappa shape index (κ1) is 53.3. The van der Waals surface area contributed by atoms with E-state index in [1.165, 1.54) is 77.0 Å². The number of methoxy groups -OCH3 is 1. The molecule has 10 fully saturated rings. The van der Waals surface area contributed by atoms with Gasteiger partial charge in [0.25, 0.3) is 0 Å². The minimum atomic E-state index is -0.539. The molecule has 6 bridgehead atoms. The lowest BCUT2D eigenvalue weighted by atomic mass is 9.63. The van der Waals surface area contributed by atoms with E-state index in [9.17, 15) is 19.5 Å². The third kappa shape index (κ3) is 8.70. The summed E-state index contributed by atoms with van der Waals surface area (Å²) in [4.78, 5) is 36.9. The predicted molar refractivity (Wildman–Crippen MR) is 260 cm³/mol. The second kappa shape index (κ2) is 20.5. The normalized spacial score (nSPS) is 49.1. The molecule has 1 saturated heterocycles. The molecule has 0 radical (unpaired) electrons. The van der Waals surface area contributed by atoms with Crippen LogP contribution < -0.4 is 0 Å². The van der Waals surface area contributed by atoms with Crippen molar-refractivity contribution in [3.63, 3.8) is 0 Å². The van der Waals surface area contributed by atoms with Crippen molar-refractivity contribution in [2.24, 2.45) is 123 Å². The van der Waals surface area contributed by atoms with E-state index in [4.69, 9.17) is 14.2 Å². The van der Waals surface area contributed by atoms with E-state index in [1.807, 2.05) is 6.92 Å². The standard InChI is InChI=1S/C21H34O3.C17H28O2.C16H26O2.3CH4/c1-4-7-14-10-13(2)18-15-11-16(19(14)18)21(3,12-15)20(22)24-17-8-5-6-9-23-17;1-5-6-11-7-10(2)14-12-8-13(15(11)14)17(3,9-12)16(18)19-4;1-4-5-10-6-9(2)13-11-7-12(14(10)13)16(3,8-11)15(17)18;;;/h13-19H,4-12H2,1-3H3;10-15H,5-9H2,1-4H3;9-14H,4-8H2,1-3H3,(H,17,18);3*1H4. The predicted octanol–water partition coefficient (Wildman–Crippen LogP) is 14.4. The van der Waals surface area contributed by atoms with Gasteiger partial charge in [-0.3, -0.25) is 14.4 Å². The van der Waals surface area contributed by atoms with Crippen LogP contribution in [0.3, 0.4) is 0 Å². The van der Waals surface area contributed by atoms with Crippen molar-refractivity contribution in [1.82, 2.24) is 0 Å². The van der Waals surface area contributed by atoms with Crippen LogP contribution in [0.2, 0.25) is 0 Å². The Morgan fingerprint density at radius 2 is 0.938 bits per heavy atom. The number of hydrogen-bond donors (Lipinski definition) is 1. The van der Waals surface area contributed by atoms with Crippen LogP contribution >= 0.6 is 0 Å². The molecule has 0 amide bonds. The highest BCUT2D eigenvalue weighted by Gasteiger charge is 2.68. The zero-order valence-corrected chi connectivity index (χ0v) is 40.3. The van der Waals surface area contributed by atoms with Gasteiger partial charge < -0.3 is 19.3 Å². The number of aliphatic carboxylic acids is 1. The monoisotopic (exact) mass is 897 g/mol. The summed E-state index contributed by atoms with van der Waals surface area (Å²) in [5, 5.41) is 9.60. The maximum atomic E-state index is 13.1. The second-order valence-corrected chi connectivity index (χ2v) is 24.4. The van der Waals surface area contributed by atoms with E-state index < -0.39 is 11.4 Å². The Morgan fingerprint density at radius 1 is 0.562 bits per heavy atom. The van der Waals surface area contributed by atoms with Gasteiger partial charge in [0.2, 0.25) is 6.29 Å². The second-order valence-electron chi connectivity index (χ2n) is 24.4. The van der Waals surface area contributed by atoms with Crippen molar-refractivity contribution in [3.8, 4) is 0 Å². The van der Waals surface area contributed by atoms with Crippen LogP contribution in [-0.4, -0.2) is 43.0 Å². The summed E-state index contributed by atoms with van der Waals surface area (Å²) in [6.07, 6.45) is 21.5. The molecule has 370 valence electrons. The number of carboxylic acid groups (broad SMARTS) is 1. The number of esters is 2. The van der Waals surface area contributed by atoms with Crippen LogP contribution in [0.5, 0.6) is 0 Å². The summed E-state index contributed by atoms with van der Waals surface area (Å²) in [6.45, 7) is 21.3. The van der Waals surface area contributed by atoms with Crippen LogP contribution in [0.1, 0.15) is 200 Å². The molecule has 10 aliphatic rings. The van der Waals surface area contributed by atoms with Crippen LogP contribution in [0.25, 0.3) is 0 Å². The number of carbonyl (C=O) groups is 3. The molecule has 7 heteroatoms. The molecule has 1 aliphatic heterocycles. The quantitative estimate of drug-likeness (QED) is 0.218. The number of ether oxygens (including phenoxy) is 3. The molecule has 9 saturated carbocycles. The maximum absolute atomic E-state index is 13.1. The van der Waals surface area contributed by atoms with Gasteiger partial charge in [-0.25, -0.2) is 0 Å².